The van der Waals surface area contributed by atoms with Crippen LogP contribution in [0.1, 0.15) is 5.56 Å². The standard InChI is InChI=1S/C17H20N6O3S/c1-13-11-14(3-4-15(13)26-2)27(24,25)22-9-7-21(8-10-22)17-6-5-16-19-18-12-23(16)20-17/h3-6,11-12H,7-10H2,1-2H3. The summed E-state index contributed by atoms with van der Waals surface area (Å²) < 4.78 is 34.2. The van der Waals surface area contributed by atoms with Crippen LogP contribution in [0.3, 0.4) is 0 Å². The highest BCUT2D eigenvalue weighted by molar-refractivity contribution is 7.89. The monoisotopic (exact) mass is 388 g/mol. The predicted molar refractivity (Wildman–Crippen MR) is 99.5 cm³/mol. The molecule has 27 heavy (non-hydrogen) atoms. The van der Waals surface area contributed by atoms with Crippen molar-refractivity contribution in [3.05, 3.63) is 42.2 Å². The van der Waals surface area contributed by atoms with Crippen molar-refractivity contribution < 1.29 is 13.2 Å². The lowest BCUT2D eigenvalue weighted by molar-refractivity contribution is 0.383. The van der Waals surface area contributed by atoms with Crippen LogP contribution >= 0.6 is 0 Å². The lowest BCUT2D eigenvalue weighted by atomic mass is 10.2. The molecule has 1 saturated heterocycles. The number of ether oxygens (including phenoxy) is 1. The van der Waals surface area contributed by atoms with Gasteiger partial charge < -0.3 is 9.64 Å². The molecule has 0 unspecified atom stereocenters. The van der Waals surface area contributed by atoms with Gasteiger partial charge in [0.1, 0.15) is 17.9 Å². The van der Waals surface area contributed by atoms with Gasteiger partial charge in [-0.15, -0.1) is 15.3 Å². The summed E-state index contributed by atoms with van der Waals surface area (Å²) in [5, 5.41) is 12.2. The van der Waals surface area contributed by atoms with Gasteiger partial charge in [0, 0.05) is 26.2 Å². The van der Waals surface area contributed by atoms with Gasteiger partial charge in [-0.05, 0) is 42.8 Å². The second-order valence-electron chi connectivity index (χ2n) is 6.35. The van der Waals surface area contributed by atoms with E-state index in [2.05, 4.69) is 20.2 Å². The summed E-state index contributed by atoms with van der Waals surface area (Å²) >= 11 is 0. The summed E-state index contributed by atoms with van der Waals surface area (Å²) in [7, 11) is -1.96. The summed E-state index contributed by atoms with van der Waals surface area (Å²) in [4.78, 5) is 2.35. The Morgan fingerprint density at radius 1 is 1.07 bits per heavy atom. The molecule has 1 aromatic carbocycles. The van der Waals surface area contributed by atoms with E-state index in [-0.39, 0.29) is 0 Å². The minimum atomic E-state index is -3.54. The number of rotatable bonds is 4. The molecule has 0 atom stereocenters. The van der Waals surface area contributed by atoms with Crippen molar-refractivity contribution in [1.29, 1.82) is 0 Å². The van der Waals surface area contributed by atoms with Crippen LogP contribution in [0.15, 0.2) is 41.6 Å². The topological polar surface area (TPSA) is 92.9 Å². The second-order valence-corrected chi connectivity index (χ2v) is 8.29. The number of sulfonamides is 1. The number of aryl methyl sites for hydroxylation is 1. The van der Waals surface area contributed by atoms with Gasteiger partial charge >= 0.3 is 0 Å². The van der Waals surface area contributed by atoms with E-state index in [9.17, 15) is 8.42 Å². The summed E-state index contributed by atoms with van der Waals surface area (Å²) in [6, 6.07) is 8.66. The quantitative estimate of drug-likeness (QED) is 0.657. The molecule has 0 N–H and O–H groups in total. The van der Waals surface area contributed by atoms with Crippen LogP contribution in [0.4, 0.5) is 5.82 Å². The molecule has 142 valence electrons. The molecule has 0 saturated carbocycles. The van der Waals surface area contributed by atoms with E-state index in [1.807, 2.05) is 19.1 Å². The fraction of sp³-hybridized carbons (Fsp3) is 0.353. The molecule has 1 aliphatic heterocycles. The highest BCUT2D eigenvalue weighted by Crippen LogP contribution is 2.25. The van der Waals surface area contributed by atoms with Crippen LogP contribution in [0.25, 0.3) is 5.65 Å². The maximum absolute atomic E-state index is 13.0. The first-order chi connectivity index (χ1) is 13.0. The zero-order valence-electron chi connectivity index (χ0n) is 15.1. The minimum absolute atomic E-state index is 0.290. The van der Waals surface area contributed by atoms with Gasteiger partial charge in [-0.1, -0.05) is 0 Å². The molecule has 0 aliphatic carbocycles. The fourth-order valence-electron chi connectivity index (χ4n) is 3.21. The highest BCUT2D eigenvalue weighted by atomic mass is 32.2. The van der Waals surface area contributed by atoms with Crippen LogP contribution in [0, 0.1) is 6.92 Å². The van der Waals surface area contributed by atoms with Crippen LogP contribution < -0.4 is 9.64 Å². The summed E-state index contributed by atoms with van der Waals surface area (Å²) in [6.07, 6.45) is 1.55. The van der Waals surface area contributed by atoms with E-state index >= 15 is 0 Å². The number of methoxy groups -OCH3 is 1. The number of benzene rings is 1. The molecular formula is C17H20N6O3S. The average molecular weight is 388 g/mol. The first-order valence-corrected chi connectivity index (χ1v) is 10.00. The maximum atomic E-state index is 13.0. The Morgan fingerprint density at radius 2 is 1.85 bits per heavy atom. The van der Waals surface area contributed by atoms with Gasteiger partial charge in [-0.25, -0.2) is 8.42 Å². The van der Waals surface area contributed by atoms with E-state index in [0.29, 0.717) is 42.5 Å². The van der Waals surface area contributed by atoms with E-state index in [0.717, 1.165) is 11.4 Å². The van der Waals surface area contributed by atoms with Crippen LogP contribution in [-0.2, 0) is 10.0 Å². The molecule has 3 heterocycles. The van der Waals surface area contributed by atoms with E-state index < -0.39 is 10.0 Å². The number of piperazine rings is 1. The minimum Gasteiger partial charge on any atom is -0.496 e. The van der Waals surface area contributed by atoms with E-state index in [1.54, 1.807) is 36.2 Å². The van der Waals surface area contributed by atoms with Gasteiger partial charge in [0.15, 0.2) is 5.65 Å². The van der Waals surface area contributed by atoms with Crippen molar-refractivity contribution in [2.75, 3.05) is 38.2 Å². The number of hydrogen-bond acceptors (Lipinski definition) is 7. The number of fused-ring (bicyclic) bond motifs is 1. The van der Waals surface area contributed by atoms with Gasteiger partial charge in [0.05, 0.1) is 12.0 Å². The Hall–Kier alpha value is -2.72. The predicted octanol–water partition coefficient (Wildman–Crippen LogP) is 0.952. The van der Waals surface area contributed by atoms with Crippen molar-refractivity contribution in [2.45, 2.75) is 11.8 Å². The first-order valence-electron chi connectivity index (χ1n) is 8.56. The first kappa shape index (κ1) is 17.7. The molecule has 2 aromatic heterocycles. The third-order valence-electron chi connectivity index (χ3n) is 4.71. The van der Waals surface area contributed by atoms with Crippen molar-refractivity contribution >= 4 is 21.5 Å². The molecule has 0 spiro atoms. The molecule has 1 fully saturated rings. The Labute approximate surface area is 157 Å². The molecule has 9 nitrogen and oxygen atoms in total. The van der Waals surface area contributed by atoms with Crippen LogP contribution in [0.2, 0.25) is 0 Å². The molecule has 0 amide bonds. The Bertz CT molecular complexity index is 1070. The molecule has 0 bridgehead atoms. The number of nitrogens with zero attached hydrogens (tertiary/aromatic N) is 6. The number of anilines is 1. The zero-order valence-corrected chi connectivity index (χ0v) is 15.9. The van der Waals surface area contributed by atoms with Crippen molar-refractivity contribution in [1.82, 2.24) is 24.1 Å². The molecule has 3 aromatic rings. The number of hydrogen-bond donors (Lipinski definition) is 0. The Balaban J connectivity index is 1.50. The Morgan fingerprint density at radius 3 is 2.56 bits per heavy atom. The zero-order chi connectivity index (χ0) is 19.0. The van der Waals surface area contributed by atoms with Crippen molar-refractivity contribution in [3.63, 3.8) is 0 Å². The van der Waals surface area contributed by atoms with Gasteiger partial charge in [-0.3, -0.25) is 0 Å². The molecule has 4 rings (SSSR count). The van der Waals surface area contributed by atoms with Crippen LogP contribution in [-0.4, -0.2) is 65.8 Å². The van der Waals surface area contributed by atoms with E-state index in [1.165, 1.54) is 4.31 Å². The van der Waals surface area contributed by atoms with Gasteiger partial charge in [0.2, 0.25) is 10.0 Å². The lowest BCUT2D eigenvalue weighted by Crippen LogP contribution is -2.49. The lowest BCUT2D eigenvalue weighted by Gasteiger charge is -2.34. The maximum Gasteiger partial charge on any atom is 0.243 e. The number of aromatic nitrogens is 4. The largest absolute Gasteiger partial charge is 0.496 e. The summed E-state index contributed by atoms with van der Waals surface area (Å²) in [6.45, 7) is 3.76. The Kier molecular flexibility index (Phi) is 4.44. The third kappa shape index (κ3) is 3.21. The van der Waals surface area contributed by atoms with E-state index in [4.69, 9.17) is 4.74 Å². The molecule has 1 aliphatic rings. The molecule has 0 radical (unpaired) electrons. The van der Waals surface area contributed by atoms with Crippen molar-refractivity contribution in [3.8, 4) is 5.75 Å². The van der Waals surface area contributed by atoms with Gasteiger partial charge in [-0.2, -0.15) is 8.82 Å². The SMILES string of the molecule is COc1ccc(S(=O)(=O)N2CCN(c3ccc4nncn4n3)CC2)cc1C. The average Bonchev–Trinajstić information content (AvgIpc) is 3.16. The summed E-state index contributed by atoms with van der Waals surface area (Å²) in [5.74, 6) is 1.45. The molecular weight excluding hydrogens is 368 g/mol. The third-order valence-corrected chi connectivity index (χ3v) is 6.61. The van der Waals surface area contributed by atoms with Crippen LogP contribution in [0.5, 0.6) is 5.75 Å². The summed E-state index contributed by atoms with van der Waals surface area (Å²) in [5.41, 5.74) is 1.47. The highest BCUT2D eigenvalue weighted by Gasteiger charge is 2.29. The van der Waals surface area contributed by atoms with Crippen molar-refractivity contribution in [2.24, 2.45) is 0 Å². The normalized spacial score (nSPS) is 16.0. The molecule has 10 heteroatoms. The van der Waals surface area contributed by atoms with Gasteiger partial charge in [0.25, 0.3) is 0 Å². The smallest absolute Gasteiger partial charge is 0.243 e. The fourth-order valence-corrected chi connectivity index (χ4v) is 4.71. The second kappa shape index (κ2) is 6.78.